The molecule has 120 valence electrons. The lowest BCUT2D eigenvalue weighted by Crippen LogP contribution is -2.33. The van der Waals surface area contributed by atoms with E-state index < -0.39 is 0 Å². The lowest BCUT2D eigenvalue weighted by Gasteiger charge is -2.33. The van der Waals surface area contributed by atoms with Crippen LogP contribution in [0.1, 0.15) is 28.4 Å². The summed E-state index contributed by atoms with van der Waals surface area (Å²) < 4.78 is 0. The Balaban J connectivity index is 0.00000156. The van der Waals surface area contributed by atoms with Crippen molar-refractivity contribution >= 4 is 23.3 Å². The summed E-state index contributed by atoms with van der Waals surface area (Å²) in [5.74, 6) is 0. The van der Waals surface area contributed by atoms with Crippen LogP contribution in [0.5, 0.6) is 0 Å². The summed E-state index contributed by atoms with van der Waals surface area (Å²) in [6, 6.07) is 17.9. The van der Waals surface area contributed by atoms with Gasteiger partial charge in [0, 0.05) is 23.1 Å². The third-order valence-electron chi connectivity index (χ3n) is 5.10. The molecular weight excluding hydrogens is 304 g/mol. The normalized spacial score (nSPS) is 17.7. The number of hydrogen-bond donors (Lipinski definition) is 1. The van der Waals surface area contributed by atoms with Crippen molar-refractivity contribution in [3.63, 3.8) is 0 Å². The van der Waals surface area contributed by atoms with Crippen LogP contribution in [0.2, 0.25) is 0 Å². The summed E-state index contributed by atoms with van der Waals surface area (Å²) in [5, 5.41) is 1.40. The third-order valence-corrected chi connectivity index (χ3v) is 5.10. The van der Waals surface area contributed by atoms with Crippen molar-refractivity contribution in [2.45, 2.75) is 25.8 Å². The lowest BCUT2D eigenvalue weighted by atomic mass is 9.92. The molecule has 2 nitrogen and oxygen atoms in total. The molecule has 1 aromatic heterocycles. The van der Waals surface area contributed by atoms with Gasteiger partial charge in [-0.05, 0) is 49.6 Å². The van der Waals surface area contributed by atoms with E-state index in [1.165, 1.54) is 33.3 Å². The average molecular weight is 327 g/mol. The summed E-state index contributed by atoms with van der Waals surface area (Å²) in [5.41, 5.74) is 7.05. The fraction of sp³-hybridized carbons (Fsp3) is 0.300. The Morgan fingerprint density at radius 3 is 2.65 bits per heavy atom. The van der Waals surface area contributed by atoms with E-state index in [1.807, 2.05) is 0 Å². The molecule has 2 aromatic carbocycles. The zero-order valence-corrected chi connectivity index (χ0v) is 14.5. The van der Waals surface area contributed by atoms with Gasteiger partial charge in [0.05, 0.1) is 6.04 Å². The number of halogens is 1. The van der Waals surface area contributed by atoms with Gasteiger partial charge < -0.3 is 4.98 Å². The quantitative estimate of drug-likeness (QED) is 0.725. The Morgan fingerprint density at radius 2 is 1.83 bits per heavy atom. The number of nitrogens with one attached hydrogen (secondary N) is 1. The molecule has 1 aliphatic rings. The van der Waals surface area contributed by atoms with Gasteiger partial charge in [-0.3, -0.25) is 4.90 Å². The number of rotatable bonds is 2. The van der Waals surface area contributed by atoms with E-state index in [0.29, 0.717) is 6.04 Å². The summed E-state index contributed by atoms with van der Waals surface area (Å²) in [4.78, 5) is 6.18. The number of hydrogen-bond acceptors (Lipinski definition) is 1. The first-order valence-corrected chi connectivity index (χ1v) is 8.08. The number of H-pyrrole nitrogens is 1. The summed E-state index contributed by atoms with van der Waals surface area (Å²) in [7, 11) is 2.25. The van der Waals surface area contributed by atoms with Crippen molar-refractivity contribution in [2.75, 3.05) is 13.6 Å². The van der Waals surface area contributed by atoms with Gasteiger partial charge in [0.25, 0.3) is 0 Å². The molecule has 0 spiro atoms. The molecular formula is C20H23ClN2. The molecule has 0 saturated carbocycles. The van der Waals surface area contributed by atoms with E-state index in [4.69, 9.17) is 0 Å². The first kappa shape index (κ1) is 16.1. The third kappa shape index (κ3) is 2.77. The maximum Gasteiger partial charge on any atom is 0.0539 e. The smallest absolute Gasteiger partial charge is 0.0539 e. The van der Waals surface area contributed by atoms with Crippen LogP contribution < -0.4 is 0 Å². The van der Waals surface area contributed by atoms with Crippen LogP contribution in [0.25, 0.3) is 10.9 Å². The number of nitrogens with zero attached hydrogens (tertiary/aromatic N) is 1. The first-order chi connectivity index (χ1) is 10.7. The van der Waals surface area contributed by atoms with Gasteiger partial charge in [0.15, 0.2) is 0 Å². The van der Waals surface area contributed by atoms with Gasteiger partial charge in [0.2, 0.25) is 0 Å². The number of aromatic nitrogens is 1. The fourth-order valence-corrected chi connectivity index (χ4v) is 3.74. The minimum absolute atomic E-state index is 0. The Labute approximate surface area is 143 Å². The van der Waals surface area contributed by atoms with Gasteiger partial charge in [-0.2, -0.15) is 0 Å². The standard InChI is InChI=1S/C20H22N2.ClH/c1-14-7-3-4-8-15(14)13-19-20-17(11-12-22(19)2)16-9-5-6-10-18(16)21-20;/h3-10,19,21H,11-13H2,1-2H3;1H. The minimum atomic E-state index is 0. The van der Waals surface area contributed by atoms with Crippen LogP contribution in [-0.2, 0) is 12.8 Å². The highest BCUT2D eigenvalue weighted by molar-refractivity contribution is 5.85. The average Bonchev–Trinajstić information content (AvgIpc) is 2.91. The SMILES string of the molecule is Cc1ccccc1CC1c2[nH]c3ccccc3c2CCN1C.Cl. The highest BCUT2D eigenvalue weighted by atomic mass is 35.5. The molecule has 1 N–H and O–H groups in total. The molecule has 23 heavy (non-hydrogen) atoms. The number of fused-ring (bicyclic) bond motifs is 3. The zero-order valence-electron chi connectivity index (χ0n) is 13.7. The summed E-state index contributed by atoms with van der Waals surface area (Å²) in [6.07, 6.45) is 2.21. The van der Waals surface area contributed by atoms with Crippen molar-refractivity contribution in [1.82, 2.24) is 9.88 Å². The topological polar surface area (TPSA) is 19.0 Å². The fourth-order valence-electron chi connectivity index (χ4n) is 3.74. The number of para-hydroxylation sites is 1. The van der Waals surface area contributed by atoms with E-state index in [9.17, 15) is 0 Å². The maximum atomic E-state index is 3.69. The van der Waals surface area contributed by atoms with E-state index in [2.05, 4.69) is 72.4 Å². The van der Waals surface area contributed by atoms with Gasteiger partial charge in [-0.15, -0.1) is 12.4 Å². The van der Waals surface area contributed by atoms with Crippen molar-refractivity contribution in [1.29, 1.82) is 0 Å². The Hall–Kier alpha value is -1.77. The number of aromatic amines is 1. The van der Waals surface area contributed by atoms with E-state index in [1.54, 1.807) is 0 Å². The Bertz CT molecular complexity index is 821. The molecule has 4 rings (SSSR count). The van der Waals surface area contributed by atoms with E-state index >= 15 is 0 Å². The first-order valence-electron chi connectivity index (χ1n) is 8.08. The van der Waals surface area contributed by atoms with Crippen LogP contribution in [0.15, 0.2) is 48.5 Å². The van der Waals surface area contributed by atoms with Gasteiger partial charge in [-0.1, -0.05) is 42.5 Å². The highest BCUT2D eigenvalue weighted by Crippen LogP contribution is 2.35. The van der Waals surface area contributed by atoms with Gasteiger partial charge >= 0.3 is 0 Å². The molecule has 0 amide bonds. The molecule has 1 atom stereocenters. The van der Waals surface area contributed by atoms with Crippen LogP contribution in [0.4, 0.5) is 0 Å². The predicted octanol–water partition coefficient (Wildman–Crippen LogP) is 4.67. The van der Waals surface area contributed by atoms with Gasteiger partial charge in [0.1, 0.15) is 0 Å². The van der Waals surface area contributed by atoms with Crippen molar-refractivity contribution in [3.8, 4) is 0 Å². The second kappa shape index (κ2) is 6.38. The van der Waals surface area contributed by atoms with Gasteiger partial charge in [-0.25, -0.2) is 0 Å². The summed E-state index contributed by atoms with van der Waals surface area (Å²) >= 11 is 0. The van der Waals surface area contributed by atoms with Crippen LogP contribution in [-0.4, -0.2) is 23.5 Å². The van der Waals surface area contributed by atoms with E-state index in [0.717, 1.165) is 19.4 Å². The second-order valence-corrected chi connectivity index (χ2v) is 6.44. The monoisotopic (exact) mass is 326 g/mol. The molecule has 0 bridgehead atoms. The van der Waals surface area contributed by atoms with Crippen molar-refractivity contribution < 1.29 is 0 Å². The van der Waals surface area contributed by atoms with Crippen LogP contribution in [0.3, 0.4) is 0 Å². The Morgan fingerprint density at radius 1 is 1.09 bits per heavy atom. The largest absolute Gasteiger partial charge is 0.357 e. The molecule has 1 aliphatic heterocycles. The number of likely N-dealkylation sites (N-methyl/N-ethyl adjacent to an activating group) is 1. The number of benzene rings is 2. The van der Waals surface area contributed by atoms with E-state index in [-0.39, 0.29) is 12.4 Å². The molecule has 0 radical (unpaired) electrons. The molecule has 0 saturated heterocycles. The zero-order chi connectivity index (χ0) is 15.1. The molecule has 3 heteroatoms. The molecule has 2 heterocycles. The molecule has 0 aliphatic carbocycles. The minimum Gasteiger partial charge on any atom is -0.357 e. The lowest BCUT2D eigenvalue weighted by molar-refractivity contribution is 0.226. The Kier molecular flexibility index (Phi) is 4.47. The van der Waals surface area contributed by atoms with Crippen LogP contribution in [0, 0.1) is 6.92 Å². The molecule has 0 fully saturated rings. The second-order valence-electron chi connectivity index (χ2n) is 6.44. The maximum absolute atomic E-state index is 3.69. The molecule has 1 unspecified atom stereocenters. The van der Waals surface area contributed by atoms with Crippen molar-refractivity contribution in [3.05, 3.63) is 70.9 Å². The predicted molar refractivity (Wildman–Crippen MR) is 99.5 cm³/mol. The number of aryl methyl sites for hydroxylation is 1. The highest BCUT2D eigenvalue weighted by Gasteiger charge is 2.28. The molecule has 3 aromatic rings. The van der Waals surface area contributed by atoms with Crippen LogP contribution >= 0.6 is 12.4 Å². The van der Waals surface area contributed by atoms with Crippen molar-refractivity contribution in [2.24, 2.45) is 0 Å². The summed E-state index contributed by atoms with van der Waals surface area (Å²) in [6.45, 7) is 3.34.